The fourth-order valence-electron chi connectivity index (χ4n) is 1.01. The number of rotatable bonds is 3. The molecule has 1 amide bonds. The summed E-state index contributed by atoms with van der Waals surface area (Å²) in [6, 6.07) is 7.19. The number of para-hydroxylation sites is 1. The van der Waals surface area contributed by atoms with Crippen LogP contribution in [0, 0.1) is 0 Å². The van der Waals surface area contributed by atoms with Crippen molar-refractivity contribution in [3.05, 3.63) is 29.8 Å². The van der Waals surface area contributed by atoms with Gasteiger partial charge in [-0.25, -0.2) is 0 Å². The number of methoxy groups -OCH3 is 1. The quantitative estimate of drug-likeness (QED) is 0.823. The molecule has 1 aromatic rings. The van der Waals surface area contributed by atoms with E-state index in [4.69, 9.17) is 4.74 Å². The van der Waals surface area contributed by atoms with Crippen LogP contribution in [0.2, 0.25) is 0 Å². The first-order valence-electron chi connectivity index (χ1n) is 3.85. The molecule has 0 spiro atoms. The molecule has 0 heterocycles. The minimum absolute atomic E-state index is 0.0748. The Hall–Kier alpha value is -0.711. The van der Waals surface area contributed by atoms with Gasteiger partial charge in [0.15, 0.2) is 0 Å². The number of ether oxygens (including phenoxy) is 1. The Morgan fingerprint density at radius 2 is 2.23 bits per heavy atom. The number of hydrogen-bond acceptors (Lipinski definition) is 2. The number of amides is 1. The first kappa shape index (κ1) is 10.4. The average molecular weight is 283 g/mol. The van der Waals surface area contributed by atoms with Gasteiger partial charge in [-0.3, -0.25) is 0 Å². The summed E-state index contributed by atoms with van der Waals surface area (Å²) in [7, 11) is 1.56. The Morgan fingerprint density at radius 1 is 1.54 bits per heavy atom. The predicted octanol–water partition coefficient (Wildman–Crippen LogP) is 0.551. The van der Waals surface area contributed by atoms with Crippen LogP contribution in [0.25, 0.3) is 0 Å². The van der Waals surface area contributed by atoms with Gasteiger partial charge < -0.3 is 0 Å². The van der Waals surface area contributed by atoms with E-state index in [1.54, 1.807) is 19.2 Å². The molecule has 0 unspecified atom stereocenters. The summed E-state index contributed by atoms with van der Waals surface area (Å²) in [5, 5.41) is 2.76. The van der Waals surface area contributed by atoms with E-state index in [0.29, 0.717) is 15.9 Å². The molecule has 0 bridgehead atoms. The van der Waals surface area contributed by atoms with Gasteiger partial charge in [0.1, 0.15) is 0 Å². The van der Waals surface area contributed by atoms with Crippen molar-refractivity contribution >= 4 is 28.4 Å². The third-order valence-electron chi connectivity index (χ3n) is 1.60. The van der Waals surface area contributed by atoms with Gasteiger partial charge in [0.05, 0.1) is 0 Å². The third kappa shape index (κ3) is 2.62. The summed E-state index contributed by atoms with van der Waals surface area (Å²) in [5.41, 5.74) is 0.590. The fraction of sp³-hybridized carbons (Fsp3) is 0.222. The molecule has 0 aromatic heterocycles. The van der Waals surface area contributed by atoms with Gasteiger partial charge in [-0.1, -0.05) is 0 Å². The Balaban J connectivity index is 2.92. The second-order valence-corrected chi connectivity index (χ2v) is 3.39. The van der Waals surface area contributed by atoms with E-state index in [2.05, 4.69) is 5.32 Å². The molecular formula is C9H10NO2Sn. The van der Waals surface area contributed by atoms with Crippen LogP contribution in [0.1, 0.15) is 10.4 Å². The zero-order valence-corrected chi connectivity index (χ0v) is 10.2. The molecule has 0 saturated heterocycles. The van der Waals surface area contributed by atoms with Crippen LogP contribution in [0.3, 0.4) is 0 Å². The summed E-state index contributed by atoms with van der Waals surface area (Å²) < 4.78 is 5.77. The molecule has 0 aliphatic heterocycles. The first-order valence-corrected chi connectivity index (χ1v) is 5.87. The number of benzene rings is 1. The molecule has 0 saturated carbocycles. The molecule has 1 N–H and O–H groups in total. The van der Waals surface area contributed by atoms with Crippen LogP contribution in [0.15, 0.2) is 24.3 Å². The zero-order chi connectivity index (χ0) is 9.68. The van der Waals surface area contributed by atoms with Gasteiger partial charge in [0.2, 0.25) is 0 Å². The van der Waals surface area contributed by atoms with Crippen molar-refractivity contribution < 1.29 is 9.53 Å². The van der Waals surface area contributed by atoms with Gasteiger partial charge in [0.25, 0.3) is 0 Å². The molecule has 1 rings (SSSR count). The summed E-state index contributed by atoms with van der Waals surface area (Å²) in [6.45, 7) is 0. The molecular weight excluding hydrogens is 273 g/mol. The third-order valence-corrected chi connectivity index (χ3v) is 2.11. The molecule has 0 atom stereocenters. The fourth-order valence-corrected chi connectivity index (χ4v) is 1.47. The Kier molecular flexibility index (Phi) is 4.08. The van der Waals surface area contributed by atoms with E-state index in [1.165, 1.54) is 22.5 Å². The van der Waals surface area contributed by atoms with Gasteiger partial charge >= 0.3 is 90.5 Å². The van der Waals surface area contributed by atoms with Crippen molar-refractivity contribution in [3.63, 3.8) is 0 Å². The maximum absolute atomic E-state index is 11.4. The second kappa shape index (κ2) is 5.11. The van der Waals surface area contributed by atoms with Crippen LogP contribution in [-0.4, -0.2) is 40.1 Å². The topological polar surface area (TPSA) is 38.3 Å². The van der Waals surface area contributed by atoms with Crippen molar-refractivity contribution in [2.45, 2.75) is 0 Å². The average Bonchev–Trinajstić information content (AvgIpc) is 2.18. The molecule has 3 nitrogen and oxygen atoms in total. The van der Waals surface area contributed by atoms with E-state index < -0.39 is 0 Å². The van der Waals surface area contributed by atoms with Crippen molar-refractivity contribution in [2.24, 2.45) is 0 Å². The summed E-state index contributed by atoms with van der Waals surface area (Å²) in [4.78, 5) is 11.4. The predicted molar refractivity (Wildman–Crippen MR) is 51.1 cm³/mol. The molecule has 0 aliphatic carbocycles. The van der Waals surface area contributed by atoms with Crippen molar-refractivity contribution in [1.82, 2.24) is 5.32 Å². The van der Waals surface area contributed by atoms with Crippen LogP contribution in [0.4, 0.5) is 0 Å². The van der Waals surface area contributed by atoms with Crippen LogP contribution >= 0.6 is 0 Å². The van der Waals surface area contributed by atoms with E-state index in [1.807, 2.05) is 12.1 Å². The van der Waals surface area contributed by atoms with E-state index in [-0.39, 0.29) is 5.91 Å². The van der Waals surface area contributed by atoms with E-state index >= 15 is 0 Å². The van der Waals surface area contributed by atoms with Crippen molar-refractivity contribution in [2.75, 3.05) is 11.7 Å². The van der Waals surface area contributed by atoms with Gasteiger partial charge in [-0.15, -0.1) is 0 Å². The first-order chi connectivity index (χ1) is 6.29. The molecule has 13 heavy (non-hydrogen) atoms. The van der Waals surface area contributed by atoms with E-state index in [9.17, 15) is 4.79 Å². The number of carbonyl (C=O) groups is 1. The normalized spacial score (nSPS) is 9.38. The zero-order valence-electron chi connectivity index (χ0n) is 7.33. The van der Waals surface area contributed by atoms with Crippen LogP contribution in [0.5, 0.6) is 5.75 Å². The Labute approximate surface area is 90.6 Å². The number of nitrogens with one attached hydrogen (secondary N) is 1. The summed E-state index contributed by atoms with van der Waals surface area (Å²) >= 11 is 1.29. The van der Waals surface area contributed by atoms with Crippen LogP contribution in [-0.2, 0) is 0 Å². The van der Waals surface area contributed by atoms with Gasteiger partial charge in [-0.2, -0.15) is 0 Å². The standard InChI is InChI=1S/C9H10NO2.Sn/c1-10-9(11)7-5-3-4-6-8(7)12-2;/h3-6H,1H2,2H3,(H,10,11);. The molecule has 1 aromatic carbocycles. The maximum atomic E-state index is 11.4. The van der Waals surface area contributed by atoms with Gasteiger partial charge in [0, 0.05) is 0 Å². The molecule has 3 radical (unpaired) electrons. The molecule has 4 heteroatoms. The van der Waals surface area contributed by atoms with Crippen LogP contribution < -0.4 is 10.1 Å². The monoisotopic (exact) mass is 284 g/mol. The number of hydrogen-bond donors (Lipinski definition) is 1. The molecule has 0 aliphatic rings. The van der Waals surface area contributed by atoms with Crippen molar-refractivity contribution in [1.29, 1.82) is 0 Å². The second-order valence-electron chi connectivity index (χ2n) is 2.38. The van der Waals surface area contributed by atoms with Gasteiger partial charge in [-0.05, 0) is 0 Å². The molecule has 0 fully saturated rings. The Bertz CT molecular complexity index is 301. The Morgan fingerprint density at radius 3 is 2.85 bits per heavy atom. The molecule has 67 valence electrons. The SMILES string of the molecule is COc1ccccc1C(=O)N[CH2][Sn]. The summed E-state index contributed by atoms with van der Waals surface area (Å²) in [5.74, 6) is 0.540. The summed E-state index contributed by atoms with van der Waals surface area (Å²) in [6.07, 6.45) is 0. The van der Waals surface area contributed by atoms with Crippen molar-refractivity contribution in [3.8, 4) is 5.75 Å². The minimum atomic E-state index is -0.0748. The van der Waals surface area contributed by atoms with E-state index in [0.717, 1.165) is 0 Å². The number of carbonyl (C=O) groups excluding carboxylic acids is 1.